The average molecular weight is 717 g/mol. The van der Waals surface area contributed by atoms with Crippen molar-refractivity contribution in [2.45, 2.75) is 58.8 Å². The summed E-state index contributed by atoms with van der Waals surface area (Å²) in [5.74, 6) is -2.96. The molecule has 1 unspecified atom stereocenters. The standard InChI is InChI=1S/C40H43F5O4.CH3F/c1-4-11-27(12-7-9-22-48-29-15-17-31(34(41)25-29)28-14-20-37(46-5-2)36(43)24-28)13-8-10-23-49-30-16-18-32(35(42)26-30)33-19-21-38(47-6-3)40(45)39(33)44;1-2/h4,14-21,24-27H,1,5-13,22-23H2,2-3H3;1H3. The second kappa shape index (κ2) is 21.6. The molecular formula is C41H46F6O4. The zero-order valence-electron chi connectivity index (χ0n) is 29.4. The lowest BCUT2D eigenvalue weighted by Crippen LogP contribution is -2.04. The minimum absolute atomic E-state index is 0.0626. The second-order valence-electron chi connectivity index (χ2n) is 11.6. The topological polar surface area (TPSA) is 36.9 Å². The van der Waals surface area contributed by atoms with Gasteiger partial charge in [0.25, 0.3) is 0 Å². The van der Waals surface area contributed by atoms with E-state index in [1.165, 1.54) is 42.5 Å². The summed E-state index contributed by atoms with van der Waals surface area (Å²) < 4.78 is 104. The molecule has 0 amide bonds. The molecule has 0 saturated heterocycles. The number of alkyl halides is 1. The minimum Gasteiger partial charge on any atom is -0.493 e. The molecule has 1 atom stereocenters. The van der Waals surface area contributed by atoms with Crippen LogP contribution in [0.2, 0.25) is 0 Å². The van der Waals surface area contributed by atoms with Gasteiger partial charge < -0.3 is 18.9 Å². The third-order valence-corrected chi connectivity index (χ3v) is 8.11. The van der Waals surface area contributed by atoms with E-state index in [4.69, 9.17) is 18.9 Å². The first kappa shape index (κ1) is 40.8. The molecule has 4 aromatic carbocycles. The zero-order valence-corrected chi connectivity index (χ0v) is 29.4. The number of rotatable bonds is 20. The van der Waals surface area contributed by atoms with Crippen LogP contribution in [0.25, 0.3) is 22.3 Å². The lowest BCUT2D eigenvalue weighted by molar-refractivity contribution is 0.285. The Kier molecular flexibility index (Phi) is 17.3. The number of halogens is 6. The van der Waals surface area contributed by atoms with Gasteiger partial charge in [0.1, 0.15) is 23.1 Å². The van der Waals surface area contributed by atoms with Crippen LogP contribution in [0.3, 0.4) is 0 Å². The average Bonchev–Trinajstić information content (AvgIpc) is 3.12. The van der Waals surface area contributed by atoms with E-state index in [9.17, 15) is 26.3 Å². The molecule has 0 fully saturated rings. The lowest BCUT2D eigenvalue weighted by Gasteiger charge is -2.15. The summed E-state index contributed by atoms with van der Waals surface area (Å²) in [5, 5.41) is 0. The van der Waals surface area contributed by atoms with Crippen molar-refractivity contribution in [3.63, 3.8) is 0 Å². The van der Waals surface area contributed by atoms with E-state index < -0.39 is 29.1 Å². The highest BCUT2D eigenvalue weighted by molar-refractivity contribution is 5.67. The summed E-state index contributed by atoms with van der Waals surface area (Å²) in [7, 11) is 0.500. The van der Waals surface area contributed by atoms with E-state index in [1.54, 1.807) is 38.1 Å². The van der Waals surface area contributed by atoms with Crippen LogP contribution in [-0.2, 0) is 0 Å². The molecule has 4 nitrogen and oxygen atoms in total. The molecule has 4 aromatic rings. The van der Waals surface area contributed by atoms with Gasteiger partial charge in [-0.2, -0.15) is 4.39 Å². The molecule has 0 aliphatic heterocycles. The maximum absolute atomic E-state index is 14.8. The van der Waals surface area contributed by atoms with Crippen molar-refractivity contribution in [2.24, 2.45) is 5.92 Å². The molecule has 0 heterocycles. The Morgan fingerprint density at radius 2 is 1.10 bits per heavy atom. The highest BCUT2D eigenvalue weighted by atomic mass is 19.2. The van der Waals surface area contributed by atoms with Crippen LogP contribution in [0.5, 0.6) is 23.0 Å². The van der Waals surface area contributed by atoms with Crippen LogP contribution >= 0.6 is 0 Å². The van der Waals surface area contributed by atoms with E-state index >= 15 is 0 Å². The van der Waals surface area contributed by atoms with E-state index in [-0.39, 0.29) is 34.8 Å². The first-order valence-electron chi connectivity index (χ1n) is 17.1. The molecule has 10 heteroatoms. The molecular weight excluding hydrogens is 670 g/mol. The van der Waals surface area contributed by atoms with Gasteiger partial charge in [-0.1, -0.05) is 25.0 Å². The Balaban J connectivity index is 0.00000345. The normalized spacial score (nSPS) is 11.3. The van der Waals surface area contributed by atoms with E-state index in [0.29, 0.717) is 50.0 Å². The van der Waals surface area contributed by atoms with Crippen molar-refractivity contribution in [1.29, 1.82) is 0 Å². The molecule has 0 N–H and O–H groups in total. The molecule has 0 aliphatic rings. The zero-order chi connectivity index (χ0) is 37.2. The Labute approximate surface area is 297 Å². The van der Waals surface area contributed by atoms with Crippen molar-refractivity contribution in [2.75, 3.05) is 33.6 Å². The summed E-state index contributed by atoms with van der Waals surface area (Å²) in [6.45, 7) is 8.67. The number of unbranched alkanes of at least 4 members (excludes halogenated alkanes) is 2. The molecule has 51 heavy (non-hydrogen) atoms. The van der Waals surface area contributed by atoms with Crippen LogP contribution in [0.4, 0.5) is 26.3 Å². The quantitative estimate of drug-likeness (QED) is 0.0518. The van der Waals surface area contributed by atoms with Gasteiger partial charge in [0.2, 0.25) is 5.82 Å². The second-order valence-corrected chi connectivity index (χ2v) is 11.6. The Morgan fingerprint density at radius 3 is 1.63 bits per heavy atom. The lowest BCUT2D eigenvalue weighted by atomic mass is 9.93. The fourth-order valence-electron chi connectivity index (χ4n) is 5.64. The summed E-state index contributed by atoms with van der Waals surface area (Å²) in [6.07, 6.45) is 8.19. The maximum atomic E-state index is 14.8. The van der Waals surface area contributed by atoms with Gasteiger partial charge in [-0.3, -0.25) is 4.39 Å². The summed E-state index contributed by atoms with van der Waals surface area (Å²) in [4.78, 5) is 0. The minimum atomic E-state index is -1.17. The van der Waals surface area contributed by atoms with Crippen molar-refractivity contribution in [3.8, 4) is 45.3 Å². The molecule has 0 aromatic heterocycles. The molecule has 4 rings (SSSR count). The molecule has 0 aliphatic carbocycles. The van der Waals surface area contributed by atoms with Crippen molar-refractivity contribution < 1.29 is 45.3 Å². The van der Waals surface area contributed by atoms with Crippen molar-refractivity contribution in [3.05, 3.63) is 108 Å². The fraction of sp³-hybridized carbons (Fsp3) is 0.366. The van der Waals surface area contributed by atoms with Gasteiger partial charge in [0.05, 0.1) is 33.6 Å². The van der Waals surface area contributed by atoms with Crippen LogP contribution in [0.15, 0.2) is 79.4 Å². The monoisotopic (exact) mass is 716 g/mol. The summed E-state index contributed by atoms with van der Waals surface area (Å²) >= 11 is 0. The molecule has 276 valence electrons. The van der Waals surface area contributed by atoms with Gasteiger partial charge in [-0.25, -0.2) is 17.6 Å². The van der Waals surface area contributed by atoms with Crippen LogP contribution in [-0.4, -0.2) is 33.6 Å². The highest BCUT2D eigenvalue weighted by Gasteiger charge is 2.18. The molecule has 0 saturated carbocycles. The molecule has 0 spiro atoms. The third kappa shape index (κ3) is 12.0. The maximum Gasteiger partial charge on any atom is 0.201 e. The predicted molar refractivity (Wildman–Crippen MR) is 190 cm³/mol. The third-order valence-electron chi connectivity index (χ3n) is 8.11. The first-order chi connectivity index (χ1) is 24.7. The summed E-state index contributed by atoms with van der Waals surface area (Å²) in [5.41, 5.74) is 0.455. The van der Waals surface area contributed by atoms with E-state index in [1.807, 2.05) is 6.08 Å². The number of benzene rings is 4. The number of hydrogen-bond acceptors (Lipinski definition) is 4. The Morgan fingerprint density at radius 1 is 0.569 bits per heavy atom. The van der Waals surface area contributed by atoms with Crippen molar-refractivity contribution >= 4 is 0 Å². The van der Waals surface area contributed by atoms with Crippen molar-refractivity contribution in [1.82, 2.24) is 0 Å². The predicted octanol–water partition coefficient (Wildman–Crippen LogP) is 12.1. The van der Waals surface area contributed by atoms with Crippen LogP contribution in [0.1, 0.15) is 58.8 Å². The van der Waals surface area contributed by atoms with E-state index in [0.717, 1.165) is 44.9 Å². The number of hydrogen-bond donors (Lipinski definition) is 0. The fourth-order valence-corrected chi connectivity index (χ4v) is 5.64. The molecule has 0 radical (unpaired) electrons. The number of allylic oxidation sites excluding steroid dienone is 1. The van der Waals surface area contributed by atoms with Gasteiger partial charge in [-0.15, -0.1) is 6.58 Å². The Hall–Kier alpha value is -4.60. The summed E-state index contributed by atoms with van der Waals surface area (Å²) in [6, 6.07) is 15.6. The van der Waals surface area contributed by atoms with Gasteiger partial charge in [0, 0.05) is 28.8 Å². The van der Waals surface area contributed by atoms with Gasteiger partial charge in [0.15, 0.2) is 23.1 Å². The van der Waals surface area contributed by atoms with Crippen LogP contribution in [0, 0.1) is 35.0 Å². The smallest absolute Gasteiger partial charge is 0.201 e. The number of ether oxygens (including phenoxy) is 4. The first-order valence-corrected chi connectivity index (χ1v) is 17.1. The van der Waals surface area contributed by atoms with E-state index in [2.05, 4.69) is 6.58 Å². The van der Waals surface area contributed by atoms with Gasteiger partial charge >= 0.3 is 0 Å². The molecule has 0 bridgehead atoms. The largest absolute Gasteiger partial charge is 0.493 e. The Bertz CT molecular complexity index is 1680. The van der Waals surface area contributed by atoms with Gasteiger partial charge in [-0.05, 0) is 106 Å². The van der Waals surface area contributed by atoms with Crippen LogP contribution < -0.4 is 18.9 Å². The highest BCUT2D eigenvalue weighted by Crippen LogP contribution is 2.33. The SMILES string of the molecule is C=CCC(CCCCOc1ccc(-c2ccc(OCC)c(F)c2)c(F)c1)CCCCOc1ccc(-c2ccc(OCC)c(F)c2F)c(F)c1.CF.